The van der Waals surface area contributed by atoms with Crippen molar-refractivity contribution in [1.82, 2.24) is 0 Å². The van der Waals surface area contributed by atoms with Crippen LogP contribution in [0.5, 0.6) is 0 Å². The maximum atomic E-state index is 3.24. The van der Waals surface area contributed by atoms with Crippen LogP contribution < -0.4 is 0 Å². The minimum atomic E-state index is 1.07. The van der Waals surface area contributed by atoms with Crippen molar-refractivity contribution in [2.75, 3.05) is 0 Å². The van der Waals surface area contributed by atoms with Gasteiger partial charge in [0.2, 0.25) is 0 Å². The monoisotopic (exact) mass is 129 g/mol. The molecule has 0 spiro atoms. The lowest BCUT2D eigenvalue weighted by Gasteiger charge is -1.99. The van der Waals surface area contributed by atoms with Crippen molar-refractivity contribution in [3.05, 3.63) is 47.0 Å². The summed E-state index contributed by atoms with van der Waals surface area (Å²) >= 11 is 0. The first kappa shape index (κ1) is 5.72. The molecule has 1 radical (unpaired) electrons. The van der Waals surface area contributed by atoms with Gasteiger partial charge in [-0.05, 0) is 36.1 Å². The Morgan fingerprint density at radius 3 is 3.10 bits per heavy atom. The van der Waals surface area contributed by atoms with Crippen molar-refractivity contribution in [3.63, 3.8) is 0 Å². The molecule has 10 heavy (non-hydrogen) atoms. The Kier molecular flexibility index (Phi) is 1.13. The number of benzene rings is 1. The van der Waals surface area contributed by atoms with Crippen LogP contribution in [0.1, 0.15) is 16.7 Å². The molecule has 0 amide bonds. The molecule has 1 aliphatic rings. The van der Waals surface area contributed by atoms with Gasteiger partial charge in [-0.15, -0.1) is 0 Å². The Hall–Kier alpha value is -1.04. The molecule has 0 bridgehead atoms. The summed E-state index contributed by atoms with van der Waals surface area (Å²) in [5.74, 6) is 0. The average molecular weight is 129 g/mol. The van der Waals surface area contributed by atoms with Gasteiger partial charge in [0.15, 0.2) is 0 Å². The molecule has 0 aliphatic heterocycles. The molecule has 0 heterocycles. The lowest BCUT2D eigenvalue weighted by molar-refractivity contribution is 1.28. The van der Waals surface area contributed by atoms with E-state index < -0.39 is 0 Å². The number of allylic oxidation sites excluding steroid dienone is 1. The van der Waals surface area contributed by atoms with E-state index in [2.05, 4.69) is 37.3 Å². The fourth-order valence-corrected chi connectivity index (χ4v) is 1.37. The lowest BCUT2D eigenvalue weighted by atomic mass is 10.1. The van der Waals surface area contributed by atoms with Crippen LogP contribution in [0.15, 0.2) is 24.3 Å². The van der Waals surface area contributed by atoms with Crippen LogP contribution in [0.3, 0.4) is 0 Å². The third-order valence-corrected chi connectivity index (χ3v) is 1.93. The number of fused-ring (bicyclic) bond motifs is 1. The molecule has 0 heteroatoms. The van der Waals surface area contributed by atoms with E-state index in [1.165, 1.54) is 16.7 Å². The molecule has 0 unspecified atom stereocenters. The summed E-state index contributed by atoms with van der Waals surface area (Å²) in [7, 11) is 0. The second kappa shape index (κ2) is 1.98. The van der Waals surface area contributed by atoms with Crippen molar-refractivity contribution < 1.29 is 0 Å². The molecule has 0 nitrogen and oxygen atoms in total. The van der Waals surface area contributed by atoms with E-state index in [0.29, 0.717) is 0 Å². The summed E-state index contributed by atoms with van der Waals surface area (Å²) in [6.07, 6.45) is 6.40. The molecule has 1 aromatic carbocycles. The van der Waals surface area contributed by atoms with Crippen molar-refractivity contribution in [2.24, 2.45) is 0 Å². The molecule has 1 aromatic rings. The molecule has 2 rings (SSSR count). The van der Waals surface area contributed by atoms with Crippen LogP contribution in [0, 0.1) is 13.0 Å². The fourth-order valence-electron chi connectivity index (χ4n) is 1.37. The van der Waals surface area contributed by atoms with Gasteiger partial charge in [0.25, 0.3) is 0 Å². The second-order valence-corrected chi connectivity index (χ2v) is 2.66. The fraction of sp³-hybridized carbons (Fsp3) is 0.200. The molecule has 0 atom stereocenters. The topological polar surface area (TPSA) is 0 Å². The van der Waals surface area contributed by atoms with Crippen molar-refractivity contribution in [1.29, 1.82) is 0 Å². The van der Waals surface area contributed by atoms with Crippen molar-refractivity contribution >= 4 is 0 Å². The maximum absolute atomic E-state index is 3.24. The molecule has 0 saturated carbocycles. The molecular weight excluding hydrogens is 120 g/mol. The largest absolute Gasteiger partial charge is 0.0716 e. The predicted octanol–water partition coefficient (Wildman–Crippen LogP) is 2.26. The Morgan fingerprint density at radius 1 is 1.40 bits per heavy atom. The van der Waals surface area contributed by atoms with E-state index in [1.807, 2.05) is 0 Å². The van der Waals surface area contributed by atoms with Gasteiger partial charge in [0.1, 0.15) is 0 Å². The third kappa shape index (κ3) is 0.688. The standard InChI is InChI=1S/C10H9/c1-8-4-2-5-9-6-3-7-10(8)9/h2-5H,6H2,1H3. The number of hydrogen-bond donors (Lipinski definition) is 0. The van der Waals surface area contributed by atoms with Crippen molar-refractivity contribution in [3.8, 4) is 0 Å². The summed E-state index contributed by atoms with van der Waals surface area (Å²) < 4.78 is 0. The smallest absolute Gasteiger partial charge is 0.00818 e. The maximum Gasteiger partial charge on any atom is -0.00818 e. The van der Waals surface area contributed by atoms with Crippen LogP contribution in [-0.2, 0) is 6.42 Å². The predicted molar refractivity (Wildman–Crippen MR) is 41.8 cm³/mol. The zero-order valence-corrected chi connectivity index (χ0v) is 6.02. The van der Waals surface area contributed by atoms with Gasteiger partial charge in [-0.2, -0.15) is 0 Å². The highest BCUT2D eigenvalue weighted by atomic mass is 14.1. The van der Waals surface area contributed by atoms with E-state index in [4.69, 9.17) is 0 Å². The first-order valence-electron chi connectivity index (χ1n) is 3.54. The van der Waals surface area contributed by atoms with Gasteiger partial charge in [0.05, 0.1) is 0 Å². The van der Waals surface area contributed by atoms with Gasteiger partial charge < -0.3 is 0 Å². The Morgan fingerprint density at radius 2 is 2.30 bits per heavy atom. The summed E-state index contributed by atoms with van der Waals surface area (Å²) in [6, 6.07) is 6.40. The zero-order valence-electron chi connectivity index (χ0n) is 6.02. The molecule has 1 aliphatic carbocycles. The lowest BCUT2D eigenvalue weighted by Crippen LogP contribution is -1.84. The molecule has 0 N–H and O–H groups in total. The highest BCUT2D eigenvalue weighted by molar-refractivity contribution is 5.43. The summed E-state index contributed by atoms with van der Waals surface area (Å²) in [5, 5.41) is 0. The molecule has 0 aromatic heterocycles. The van der Waals surface area contributed by atoms with Crippen LogP contribution in [0.4, 0.5) is 0 Å². The number of rotatable bonds is 0. The summed E-state index contributed by atoms with van der Waals surface area (Å²) in [4.78, 5) is 0. The van der Waals surface area contributed by atoms with Crippen molar-refractivity contribution in [2.45, 2.75) is 13.3 Å². The Labute approximate surface area is 61.2 Å². The normalized spacial score (nSPS) is 13.7. The minimum Gasteiger partial charge on any atom is -0.0716 e. The Balaban J connectivity index is 2.67. The molecule has 0 saturated heterocycles. The average Bonchev–Trinajstić information content (AvgIpc) is 2.36. The summed E-state index contributed by atoms with van der Waals surface area (Å²) in [6.45, 7) is 2.13. The molecule has 49 valence electrons. The van der Waals surface area contributed by atoms with E-state index in [1.54, 1.807) is 0 Å². The first-order chi connectivity index (χ1) is 4.88. The second-order valence-electron chi connectivity index (χ2n) is 2.66. The van der Waals surface area contributed by atoms with Gasteiger partial charge in [0, 0.05) is 0 Å². The molecular formula is C10H9. The van der Waals surface area contributed by atoms with Crippen LogP contribution in [0.25, 0.3) is 0 Å². The van der Waals surface area contributed by atoms with Crippen LogP contribution in [-0.4, -0.2) is 0 Å². The van der Waals surface area contributed by atoms with Gasteiger partial charge in [-0.25, -0.2) is 0 Å². The Bertz CT molecular complexity index is 282. The summed E-state index contributed by atoms with van der Waals surface area (Å²) in [5.41, 5.74) is 4.06. The van der Waals surface area contributed by atoms with Crippen LogP contribution in [0.2, 0.25) is 0 Å². The van der Waals surface area contributed by atoms with Gasteiger partial charge >= 0.3 is 0 Å². The quantitative estimate of drug-likeness (QED) is 0.504. The zero-order chi connectivity index (χ0) is 6.97. The van der Waals surface area contributed by atoms with Crippen LogP contribution >= 0.6 is 0 Å². The van der Waals surface area contributed by atoms with E-state index >= 15 is 0 Å². The van der Waals surface area contributed by atoms with Gasteiger partial charge in [-0.3, -0.25) is 0 Å². The van der Waals surface area contributed by atoms with E-state index in [9.17, 15) is 0 Å². The van der Waals surface area contributed by atoms with Gasteiger partial charge in [-0.1, -0.05) is 24.3 Å². The minimum absolute atomic E-state index is 1.07. The third-order valence-electron chi connectivity index (χ3n) is 1.93. The number of aryl methyl sites for hydroxylation is 1. The van der Waals surface area contributed by atoms with E-state index in [0.717, 1.165) is 6.42 Å². The van der Waals surface area contributed by atoms with E-state index in [-0.39, 0.29) is 0 Å². The number of hydrogen-bond acceptors (Lipinski definition) is 0. The highest BCUT2D eigenvalue weighted by Gasteiger charge is 2.05. The highest BCUT2D eigenvalue weighted by Crippen LogP contribution is 2.19. The SMILES string of the molecule is Cc1cccc2c1[C]=CC2. The molecule has 0 fully saturated rings. The first-order valence-corrected chi connectivity index (χ1v) is 3.54.